The van der Waals surface area contributed by atoms with E-state index in [1.807, 2.05) is 30.3 Å². The van der Waals surface area contributed by atoms with E-state index in [1.54, 1.807) is 31.3 Å². The summed E-state index contributed by atoms with van der Waals surface area (Å²) in [6.45, 7) is 2.95. The molecule has 202 valence electrons. The van der Waals surface area contributed by atoms with Gasteiger partial charge in [0.15, 0.2) is 16.9 Å². The molecule has 0 aliphatic carbocycles. The summed E-state index contributed by atoms with van der Waals surface area (Å²) in [7, 11) is 3.15. The van der Waals surface area contributed by atoms with E-state index in [-0.39, 0.29) is 22.3 Å². The van der Waals surface area contributed by atoms with Crippen molar-refractivity contribution in [2.45, 2.75) is 32.2 Å². The maximum Gasteiger partial charge on any atom is 0.290 e. The van der Waals surface area contributed by atoms with Crippen LogP contribution in [0.3, 0.4) is 0 Å². The Morgan fingerprint density at radius 2 is 1.74 bits per heavy atom. The number of carbonyl (C=O) groups excluding carboxylic acids is 1. The lowest BCUT2D eigenvalue weighted by Crippen LogP contribution is -2.31. The molecule has 0 N–H and O–H groups in total. The first-order valence-corrected chi connectivity index (χ1v) is 13.0. The number of nitrogens with zero attached hydrogens (tertiary/aromatic N) is 1. The van der Waals surface area contributed by atoms with Gasteiger partial charge in [-0.1, -0.05) is 31.5 Å². The molecular weight excluding hydrogens is 501 g/mol. The lowest BCUT2D eigenvalue weighted by atomic mass is 9.97. The Morgan fingerprint density at radius 3 is 2.46 bits per heavy atom. The van der Waals surface area contributed by atoms with E-state index >= 15 is 0 Å². The van der Waals surface area contributed by atoms with Gasteiger partial charge in [-0.05, 0) is 66.4 Å². The van der Waals surface area contributed by atoms with Gasteiger partial charge in [0.1, 0.15) is 17.1 Å². The molecule has 1 unspecified atom stereocenters. The lowest BCUT2D eigenvalue weighted by Gasteiger charge is -2.26. The van der Waals surface area contributed by atoms with Gasteiger partial charge in [0.05, 0.1) is 37.8 Å². The number of methoxy groups -OCH3 is 2. The van der Waals surface area contributed by atoms with Gasteiger partial charge >= 0.3 is 0 Å². The number of amides is 1. The molecule has 0 fully saturated rings. The van der Waals surface area contributed by atoms with Crippen molar-refractivity contribution in [3.05, 3.63) is 99.2 Å². The number of fused-ring (bicyclic) bond motifs is 2. The Morgan fingerprint density at radius 1 is 0.949 bits per heavy atom. The Hall–Kier alpha value is -4.33. The molecule has 1 aliphatic rings. The average molecular weight is 532 g/mol. The van der Waals surface area contributed by atoms with Crippen LogP contribution in [0.2, 0.25) is 0 Å². The van der Waals surface area contributed by atoms with E-state index in [2.05, 4.69) is 6.92 Å². The molecule has 39 heavy (non-hydrogen) atoms. The molecular formula is C31H30FNO6. The van der Waals surface area contributed by atoms with Crippen LogP contribution in [0.1, 0.15) is 53.1 Å². The number of benzene rings is 3. The van der Waals surface area contributed by atoms with Crippen molar-refractivity contribution in [1.29, 1.82) is 0 Å². The summed E-state index contributed by atoms with van der Waals surface area (Å²) in [5.74, 6) is 0.841. The molecule has 0 radical (unpaired) electrons. The zero-order valence-corrected chi connectivity index (χ0v) is 22.2. The lowest BCUT2D eigenvalue weighted by molar-refractivity contribution is 0.0730. The minimum Gasteiger partial charge on any atom is -0.497 e. The summed E-state index contributed by atoms with van der Waals surface area (Å²) in [6, 6.07) is 16.0. The fourth-order valence-corrected chi connectivity index (χ4v) is 4.91. The van der Waals surface area contributed by atoms with Crippen molar-refractivity contribution in [3.8, 4) is 17.2 Å². The first-order valence-electron chi connectivity index (χ1n) is 13.0. The van der Waals surface area contributed by atoms with Crippen molar-refractivity contribution in [2.24, 2.45) is 0 Å². The summed E-state index contributed by atoms with van der Waals surface area (Å²) in [6.07, 6.45) is 2.44. The smallest absolute Gasteiger partial charge is 0.290 e. The minimum atomic E-state index is -0.742. The van der Waals surface area contributed by atoms with Crippen LogP contribution in [-0.4, -0.2) is 38.2 Å². The van der Waals surface area contributed by atoms with E-state index in [1.165, 1.54) is 12.1 Å². The monoisotopic (exact) mass is 531 g/mol. The Labute approximate surface area is 225 Å². The molecule has 0 saturated heterocycles. The van der Waals surface area contributed by atoms with Crippen LogP contribution >= 0.6 is 0 Å². The maximum atomic E-state index is 14.1. The third-order valence-corrected chi connectivity index (χ3v) is 6.99. The summed E-state index contributed by atoms with van der Waals surface area (Å²) < 4.78 is 36.7. The normalized spacial score (nSPS) is 14.5. The Balaban J connectivity index is 1.58. The van der Waals surface area contributed by atoms with Crippen molar-refractivity contribution < 1.29 is 27.8 Å². The van der Waals surface area contributed by atoms with Gasteiger partial charge in [0.2, 0.25) is 5.76 Å². The van der Waals surface area contributed by atoms with Crippen LogP contribution in [-0.2, 0) is 6.42 Å². The molecule has 1 atom stereocenters. The summed E-state index contributed by atoms with van der Waals surface area (Å²) >= 11 is 0. The molecule has 1 amide bonds. The molecule has 8 heteroatoms. The third kappa shape index (κ3) is 5.06. The number of hydrogen-bond donors (Lipinski definition) is 0. The van der Waals surface area contributed by atoms with E-state index in [4.69, 9.17) is 18.6 Å². The van der Waals surface area contributed by atoms with Crippen molar-refractivity contribution in [1.82, 2.24) is 4.90 Å². The molecule has 2 heterocycles. The number of halogens is 1. The van der Waals surface area contributed by atoms with E-state index in [9.17, 15) is 14.0 Å². The average Bonchev–Trinajstić information content (AvgIpc) is 3.24. The predicted molar refractivity (Wildman–Crippen MR) is 145 cm³/mol. The van der Waals surface area contributed by atoms with Gasteiger partial charge in [0, 0.05) is 6.54 Å². The van der Waals surface area contributed by atoms with Crippen molar-refractivity contribution >= 4 is 16.9 Å². The molecule has 3 aromatic carbocycles. The molecule has 0 saturated carbocycles. The topological polar surface area (TPSA) is 78.2 Å². The maximum absolute atomic E-state index is 14.1. The molecule has 0 bridgehead atoms. The fraction of sp³-hybridized carbons (Fsp3) is 0.290. The Bertz CT molecular complexity index is 1560. The van der Waals surface area contributed by atoms with Crippen LogP contribution in [0.25, 0.3) is 11.0 Å². The third-order valence-electron chi connectivity index (χ3n) is 6.99. The molecule has 4 aromatic rings. The minimum absolute atomic E-state index is 0.0268. The number of ether oxygens (including phenoxy) is 3. The largest absolute Gasteiger partial charge is 0.497 e. The highest BCUT2D eigenvalue weighted by Gasteiger charge is 2.42. The molecule has 1 aliphatic heterocycles. The standard InChI is InChI=1S/C31H30FNO6/c1-4-5-16-38-25-12-8-20(17-26(25)37-3)28-27-29(34)23-18-21(32)9-13-24(23)39-30(27)31(35)33(28)15-14-19-6-10-22(36-2)11-7-19/h6-13,17-18,28H,4-5,14-16H2,1-3H3. The van der Waals surface area contributed by atoms with E-state index < -0.39 is 23.2 Å². The van der Waals surface area contributed by atoms with Crippen molar-refractivity contribution in [2.75, 3.05) is 27.4 Å². The zero-order valence-electron chi connectivity index (χ0n) is 22.2. The van der Waals surface area contributed by atoms with Gasteiger partial charge < -0.3 is 23.5 Å². The molecule has 5 rings (SSSR count). The van der Waals surface area contributed by atoms with Crippen LogP contribution in [0, 0.1) is 5.82 Å². The second-order valence-corrected chi connectivity index (χ2v) is 9.43. The molecule has 0 spiro atoms. The second kappa shape index (κ2) is 11.2. The van der Waals surface area contributed by atoms with E-state index in [0.717, 1.165) is 30.2 Å². The molecule has 7 nitrogen and oxygen atoms in total. The summed E-state index contributed by atoms with van der Waals surface area (Å²) in [4.78, 5) is 29.0. The first-order chi connectivity index (χ1) is 18.9. The SMILES string of the molecule is CCCCOc1ccc(C2c3c(oc4ccc(F)cc4c3=O)C(=O)N2CCc2ccc(OC)cc2)cc1OC. The van der Waals surface area contributed by atoms with E-state index in [0.29, 0.717) is 36.6 Å². The quantitative estimate of drug-likeness (QED) is 0.237. The molecule has 1 aromatic heterocycles. The number of carbonyl (C=O) groups is 1. The van der Waals surface area contributed by atoms with Gasteiger partial charge in [-0.3, -0.25) is 9.59 Å². The van der Waals surface area contributed by atoms with Gasteiger partial charge in [-0.25, -0.2) is 4.39 Å². The highest BCUT2D eigenvalue weighted by molar-refractivity contribution is 5.99. The second-order valence-electron chi connectivity index (χ2n) is 9.43. The van der Waals surface area contributed by atoms with Gasteiger partial charge in [-0.2, -0.15) is 0 Å². The predicted octanol–water partition coefficient (Wildman–Crippen LogP) is 5.92. The van der Waals surface area contributed by atoms with Crippen LogP contribution < -0.4 is 19.6 Å². The number of unbranched alkanes of at least 4 members (excludes halogenated alkanes) is 1. The van der Waals surface area contributed by atoms with Crippen LogP contribution in [0.15, 0.2) is 69.9 Å². The van der Waals surface area contributed by atoms with Gasteiger partial charge in [-0.15, -0.1) is 0 Å². The summed E-state index contributed by atoms with van der Waals surface area (Å²) in [5, 5.41) is 0.0926. The zero-order chi connectivity index (χ0) is 27.5. The Kier molecular flexibility index (Phi) is 7.54. The first kappa shape index (κ1) is 26.3. The fourth-order valence-electron chi connectivity index (χ4n) is 4.91. The number of rotatable bonds is 10. The van der Waals surface area contributed by atoms with Crippen LogP contribution in [0.4, 0.5) is 4.39 Å². The highest BCUT2D eigenvalue weighted by Crippen LogP contribution is 2.41. The number of hydrogen-bond acceptors (Lipinski definition) is 6. The van der Waals surface area contributed by atoms with Crippen molar-refractivity contribution in [3.63, 3.8) is 0 Å². The van der Waals surface area contributed by atoms with Crippen LogP contribution in [0.5, 0.6) is 17.2 Å². The van der Waals surface area contributed by atoms with Gasteiger partial charge in [0.25, 0.3) is 5.91 Å². The summed E-state index contributed by atoms with van der Waals surface area (Å²) in [5.41, 5.74) is 1.59. The highest BCUT2D eigenvalue weighted by atomic mass is 19.1.